The molecular formula is C14H24N2OS. The van der Waals surface area contributed by atoms with E-state index in [1.165, 1.54) is 17.7 Å². The van der Waals surface area contributed by atoms with Gasteiger partial charge < -0.3 is 10.1 Å². The van der Waals surface area contributed by atoms with E-state index in [9.17, 15) is 0 Å². The van der Waals surface area contributed by atoms with Crippen LogP contribution in [-0.2, 0) is 11.3 Å². The highest BCUT2D eigenvalue weighted by atomic mass is 32.1. The van der Waals surface area contributed by atoms with Gasteiger partial charge in [0.2, 0.25) is 0 Å². The van der Waals surface area contributed by atoms with E-state index in [-0.39, 0.29) is 0 Å². The summed E-state index contributed by atoms with van der Waals surface area (Å²) in [4.78, 5) is 3.92. The zero-order chi connectivity index (χ0) is 12.8. The third-order valence-electron chi connectivity index (χ3n) is 3.78. The van der Waals surface area contributed by atoms with Gasteiger partial charge in [-0.1, -0.05) is 6.07 Å². The van der Waals surface area contributed by atoms with Gasteiger partial charge >= 0.3 is 0 Å². The molecule has 3 nitrogen and oxygen atoms in total. The molecule has 1 N–H and O–H groups in total. The summed E-state index contributed by atoms with van der Waals surface area (Å²) in [6.45, 7) is 6.18. The maximum absolute atomic E-state index is 5.42. The summed E-state index contributed by atoms with van der Waals surface area (Å²) in [6.07, 6.45) is 2.34. The number of hydrogen-bond acceptors (Lipinski definition) is 4. The molecule has 1 aromatic rings. The van der Waals surface area contributed by atoms with E-state index in [4.69, 9.17) is 4.74 Å². The van der Waals surface area contributed by atoms with Crippen molar-refractivity contribution in [3.05, 3.63) is 22.4 Å². The van der Waals surface area contributed by atoms with Crippen molar-refractivity contribution in [2.24, 2.45) is 0 Å². The van der Waals surface area contributed by atoms with E-state index in [1.54, 1.807) is 0 Å². The zero-order valence-electron chi connectivity index (χ0n) is 11.4. The monoisotopic (exact) mass is 268 g/mol. The normalized spacial score (nSPS) is 19.3. The minimum absolute atomic E-state index is 0.577. The maximum Gasteiger partial charge on any atom is 0.0480 e. The molecule has 1 aromatic heterocycles. The molecule has 0 amide bonds. The fourth-order valence-electron chi connectivity index (χ4n) is 2.41. The molecule has 2 heterocycles. The van der Waals surface area contributed by atoms with Crippen LogP contribution in [0.4, 0.5) is 0 Å². The summed E-state index contributed by atoms with van der Waals surface area (Å²) in [5.74, 6) is 0. The van der Waals surface area contributed by atoms with Crippen LogP contribution in [0, 0.1) is 0 Å². The Morgan fingerprint density at radius 2 is 2.28 bits per heavy atom. The maximum atomic E-state index is 5.42. The predicted octanol–water partition coefficient (Wildman–Crippen LogP) is 2.34. The summed E-state index contributed by atoms with van der Waals surface area (Å²) < 4.78 is 5.42. The fraction of sp³-hybridized carbons (Fsp3) is 0.714. The van der Waals surface area contributed by atoms with E-state index in [0.29, 0.717) is 12.1 Å². The largest absolute Gasteiger partial charge is 0.381 e. The Balaban J connectivity index is 1.68. The van der Waals surface area contributed by atoms with Gasteiger partial charge in [0, 0.05) is 43.3 Å². The highest BCUT2D eigenvalue weighted by Gasteiger charge is 2.21. The van der Waals surface area contributed by atoms with Gasteiger partial charge in [0.15, 0.2) is 0 Å². The fourth-order valence-corrected chi connectivity index (χ4v) is 3.09. The second-order valence-electron chi connectivity index (χ2n) is 5.07. The molecule has 1 fully saturated rings. The molecule has 0 radical (unpaired) electrons. The lowest BCUT2D eigenvalue weighted by Gasteiger charge is -2.35. The quantitative estimate of drug-likeness (QED) is 0.857. The summed E-state index contributed by atoms with van der Waals surface area (Å²) >= 11 is 1.82. The van der Waals surface area contributed by atoms with Crippen LogP contribution in [0.2, 0.25) is 0 Å². The highest BCUT2D eigenvalue weighted by molar-refractivity contribution is 7.09. The van der Waals surface area contributed by atoms with Gasteiger partial charge in [-0.2, -0.15) is 0 Å². The highest BCUT2D eigenvalue weighted by Crippen LogP contribution is 2.15. The first-order chi connectivity index (χ1) is 8.77. The molecule has 2 rings (SSSR count). The number of thiophene rings is 1. The van der Waals surface area contributed by atoms with Gasteiger partial charge in [-0.05, 0) is 38.3 Å². The average molecular weight is 268 g/mol. The van der Waals surface area contributed by atoms with E-state index in [1.807, 2.05) is 11.3 Å². The van der Waals surface area contributed by atoms with Crippen LogP contribution in [0.1, 0.15) is 24.6 Å². The number of hydrogen-bond donors (Lipinski definition) is 1. The molecule has 1 unspecified atom stereocenters. The van der Waals surface area contributed by atoms with Crippen LogP contribution in [0.25, 0.3) is 0 Å². The van der Waals surface area contributed by atoms with Crippen LogP contribution in [0.15, 0.2) is 17.5 Å². The minimum Gasteiger partial charge on any atom is -0.381 e. The van der Waals surface area contributed by atoms with Crippen LogP contribution >= 0.6 is 11.3 Å². The molecule has 18 heavy (non-hydrogen) atoms. The van der Waals surface area contributed by atoms with Crippen molar-refractivity contribution in [3.63, 3.8) is 0 Å². The third-order valence-corrected chi connectivity index (χ3v) is 4.66. The summed E-state index contributed by atoms with van der Waals surface area (Å²) in [5.41, 5.74) is 0. The van der Waals surface area contributed by atoms with Gasteiger partial charge in [0.05, 0.1) is 0 Å². The lowest BCUT2D eigenvalue weighted by atomic mass is 10.1. The number of ether oxygens (including phenoxy) is 1. The van der Waals surface area contributed by atoms with Crippen LogP contribution in [-0.4, -0.2) is 43.8 Å². The molecule has 0 spiro atoms. The van der Waals surface area contributed by atoms with Crippen LogP contribution in [0.5, 0.6) is 0 Å². The topological polar surface area (TPSA) is 24.5 Å². The van der Waals surface area contributed by atoms with Gasteiger partial charge in [-0.25, -0.2) is 0 Å². The number of likely N-dealkylation sites (N-methyl/N-ethyl adjacent to an activating group) is 1. The Bertz CT molecular complexity index is 323. The smallest absolute Gasteiger partial charge is 0.0480 e. The summed E-state index contributed by atoms with van der Waals surface area (Å²) in [5, 5.41) is 5.68. The summed E-state index contributed by atoms with van der Waals surface area (Å²) in [7, 11) is 2.24. The minimum atomic E-state index is 0.577. The number of nitrogens with one attached hydrogen (secondary N) is 1. The molecular weight excluding hydrogens is 244 g/mol. The third kappa shape index (κ3) is 4.05. The van der Waals surface area contributed by atoms with Crippen molar-refractivity contribution in [2.45, 2.75) is 38.4 Å². The zero-order valence-corrected chi connectivity index (χ0v) is 12.2. The summed E-state index contributed by atoms with van der Waals surface area (Å²) in [6, 6.07) is 5.56. The Labute approximate surface area is 114 Å². The number of nitrogens with zero attached hydrogens (tertiary/aromatic N) is 1. The molecule has 0 aliphatic carbocycles. The van der Waals surface area contributed by atoms with E-state index >= 15 is 0 Å². The van der Waals surface area contributed by atoms with Crippen molar-refractivity contribution < 1.29 is 4.74 Å². The first-order valence-corrected chi connectivity index (χ1v) is 7.68. The van der Waals surface area contributed by atoms with Crippen molar-refractivity contribution in [3.8, 4) is 0 Å². The van der Waals surface area contributed by atoms with Gasteiger partial charge in [0.25, 0.3) is 0 Å². The molecule has 102 valence electrons. The number of rotatable bonds is 6. The Morgan fingerprint density at radius 1 is 1.50 bits per heavy atom. The Kier molecular flexibility index (Phi) is 5.63. The Hall–Kier alpha value is -0.420. The molecule has 1 atom stereocenters. The van der Waals surface area contributed by atoms with Gasteiger partial charge in [0.1, 0.15) is 0 Å². The van der Waals surface area contributed by atoms with Crippen LogP contribution < -0.4 is 5.32 Å². The van der Waals surface area contributed by atoms with Gasteiger partial charge in [-0.3, -0.25) is 4.90 Å². The molecule has 0 bridgehead atoms. The molecule has 1 aliphatic rings. The second kappa shape index (κ2) is 7.24. The molecule has 0 saturated carbocycles. The lowest BCUT2D eigenvalue weighted by molar-refractivity contribution is 0.0312. The molecule has 1 aliphatic heterocycles. The van der Waals surface area contributed by atoms with Crippen molar-refractivity contribution in [1.29, 1.82) is 0 Å². The molecule has 4 heteroatoms. The van der Waals surface area contributed by atoms with Crippen molar-refractivity contribution in [2.75, 3.05) is 26.8 Å². The van der Waals surface area contributed by atoms with Crippen molar-refractivity contribution in [1.82, 2.24) is 10.2 Å². The first-order valence-electron chi connectivity index (χ1n) is 6.80. The molecule has 1 saturated heterocycles. The van der Waals surface area contributed by atoms with E-state index in [2.05, 4.69) is 41.7 Å². The Morgan fingerprint density at radius 3 is 2.94 bits per heavy atom. The van der Waals surface area contributed by atoms with Gasteiger partial charge in [-0.15, -0.1) is 11.3 Å². The first kappa shape index (κ1) is 14.0. The predicted molar refractivity (Wildman–Crippen MR) is 77.1 cm³/mol. The standard InChI is InChI=1S/C14H24N2OS/c1-12(10-15-11-14-4-3-9-18-14)16(2)13-5-7-17-8-6-13/h3-4,9,12-13,15H,5-8,10-11H2,1-2H3. The SMILES string of the molecule is CC(CNCc1cccs1)N(C)C1CCOCC1. The van der Waals surface area contributed by atoms with E-state index < -0.39 is 0 Å². The lowest BCUT2D eigenvalue weighted by Crippen LogP contribution is -2.45. The van der Waals surface area contributed by atoms with Crippen molar-refractivity contribution >= 4 is 11.3 Å². The van der Waals surface area contributed by atoms with Crippen LogP contribution in [0.3, 0.4) is 0 Å². The second-order valence-corrected chi connectivity index (χ2v) is 6.10. The molecule has 0 aromatic carbocycles. The average Bonchev–Trinajstić information content (AvgIpc) is 2.92. The van der Waals surface area contributed by atoms with E-state index in [0.717, 1.165) is 26.3 Å².